The molecule has 6 heteroatoms. The van der Waals surface area contributed by atoms with Gasteiger partial charge < -0.3 is 20.5 Å². The van der Waals surface area contributed by atoms with Crippen LogP contribution in [0.1, 0.15) is 20.8 Å². The first kappa shape index (κ1) is 13.1. The summed E-state index contributed by atoms with van der Waals surface area (Å²) in [6.07, 6.45) is 0.0890. The molecule has 1 aromatic heterocycles. The molecule has 1 heterocycles. The Hall–Kier alpha value is -1.01. The molecular formula is C10H19N3O2S. The molecule has 0 saturated heterocycles. The average molecular weight is 245 g/mol. The molecule has 0 fully saturated rings. The second-order valence-electron chi connectivity index (χ2n) is 3.52. The molecule has 0 bridgehead atoms. The van der Waals surface area contributed by atoms with Crippen LogP contribution in [0.3, 0.4) is 0 Å². The molecule has 0 radical (unpaired) electrons. The Morgan fingerprint density at radius 2 is 2.25 bits per heavy atom. The normalized spacial score (nSPS) is 10.8. The van der Waals surface area contributed by atoms with Crippen molar-refractivity contribution >= 4 is 22.4 Å². The molecule has 0 aliphatic carbocycles. The largest absolute Gasteiger partial charge is 0.484 e. The van der Waals surface area contributed by atoms with Crippen molar-refractivity contribution in [1.29, 1.82) is 0 Å². The van der Waals surface area contributed by atoms with E-state index in [2.05, 4.69) is 9.69 Å². The van der Waals surface area contributed by atoms with Crippen molar-refractivity contribution in [2.24, 2.45) is 0 Å². The van der Waals surface area contributed by atoms with Crippen LogP contribution in [0.15, 0.2) is 0 Å². The summed E-state index contributed by atoms with van der Waals surface area (Å²) < 4.78 is 14.9. The van der Waals surface area contributed by atoms with Gasteiger partial charge in [0.05, 0.1) is 12.7 Å². The lowest BCUT2D eigenvalue weighted by atomic mass is 10.4. The molecule has 1 aromatic rings. The monoisotopic (exact) mass is 245 g/mol. The van der Waals surface area contributed by atoms with Crippen LogP contribution in [0.25, 0.3) is 0 Å². The quantitative estimate of drug-likeness (QED) is 0.719. The molecule has 16 heavy (non-hydrogen) atoms. The van der Waals surface area contributed by atoms with Gasteiger partial charge in [0.1, 0.15) is 0 Å². The lowest BCUT2D eigenvalue weighted by Gasteiger charge is -2.11. The first-order valence-electron chi connectivity index (χ1n) is 5.38. The molecule has 0 aromatic carbocycles. The third-order valence-corrected chi connectivity index (χ3v) is 2.56. The summed E-state index contributed by atoms with van der Waals surface area (Å²) in [5.41, 5.74) is 5.72. The first-order valence-corrected chi connectivity index (χ1v) is 6.15. The molecule has 0 unspecified atom stereocenters. The molecule has 0 aliphatic rings. The summed E-state index contributed by atoms with van der Waals surface area (Å²) in [6.45, 7) is 8.00. The fourth-order valence-electron chi connectivity index (χ4n) is 1.14. The fraction of sp³-hybridized carbons (Fsp3) is 0.700. The molecule has 92 valence electrons. The lowest BCUT2D eigenvalue weighted by Crippen LogP contribution is -2.11. The van der Waals surface area contributed by atoms with Gasteiger partial charge in [0.25, 0.3) is 0 Å². The van der Waals surface area contributed by atoms with E-state index in [-0.39, 0.29) is 6.10 Å². The van der Waals surface area contributed by atoms with Gasteiger partial charge in [-0.25, -0.2) is 0 Å². The third kappa shape index (κ3) is 3.86. The van der Waals surface area contributed by atoms with Crippen molar-refractivity contribution in [3.63, 3.8) is 0 Å². The summed E-state index contributed by atoms with van der Waals surface area (Å²) in [4.78, 5) is 0. The molecule has 0 amide bonds. The molecule has 0 saturated carbocycles. The zero-order chi connectivity index (χ0) is 12.0. The van der Waals surface area contributed by atoms with Crippen LogP contribution in [0.2, 0.25) is 0 Å². The smallest absolute Gasteiger partial charge is 0.197 e. The van der Waals surface area contributed by atoms with Crippen LogP contribution in [-0.4, -0.2) is 30.2 Å². The number of nitrogen functional groups attached to an aromatic ring is 1. The second kappa shape index (κ2) is 6.55. The highest BCUT2D eigenvalue weighted by atomic mass is 32.1. The lowest BCUT2D eigenvalue weighted by molar-refractivity contribution is 0.158. The number of nitrogens with zero attached hydrogens (tertiary/aromatic N) is 1. The summed E-state index contributed by atoms with van der Waals surface area (Å²) in [5, 5.41) is 4.07. The van der Waals surface area contributed by atoms with Crippen LogP contribution < -0.4 is 15.8 Å². The number of ether oxygens (including phenoxy) is 2. The minimum Gasteiger partial charge on any atom is -0.484 e. The highest BCUT2D eigenvalue weighted by molar-refractivity contribution is 7.11. The predicted octanol–water partition coefficient (Wildman–Crippen LogP) is 1.96. The Labute approximate surface area is 100 Å². The van der Waals surface area contributed by atoms with Crippen molar-refractivity contribution in [1.82, 2.24) is 4.37 Å². The molecule has 5 nitrogen and oxygen atoms in total. The van der Waals surface area contributed by atoms with Crippen molar-refractivity contribution in [3.8, 4) is 5.75 Å². The maximum absolute atomic E-state index is 5.72. The van der Waals surface area contributed by atoms with Crippen LogP contribution in [-0.2, 0) is 4.74 Å². The van der Waals surface area contributed by atoms with Gasteiger partial charge in [-0.15, -0.1) is 0 Å². The standard InChI is InChI=1S/C10H19N3O2S/c1-4-14-6-5-12-10-8(15-7(2)3)9(11)13-16-10/h7,12H,4-6H2,1-3H3,(H2,11,13). The van der Waals surface area contributed by atoms with Gasteiger partial charge in [-0.1, -0.05) is 0 Å². The molecule has 1 rings (SSSR count). The van der Waals surface area contributed by atoms with E-state index >= 15 is 0 Å². The van der Waals surface area contributed by atoms with Gasteiger partial charge in [0.15, 0.2) is 16.6 Å². The van der Waals surface area contributed by atoms with Gasteiger partial charge in [0.2, 0.25) is 0 Å². The van der Waals surface area contributed by atoms with Gasteiger partial charge in [-0.3, -0.25) is 0 Å². The topological polar surface area (TPSA) is 69.4 Å². The van der Waals surface area contributed by atoms with E-state index in [1.807, 2.05) is 20.8 Å². The molecule has 3 N–H and O–H groups in total. The fourth-order valence-corrected chi connectivity index (χ4v) is 1.81. The highest BCUT2D eigenvalue weighted by Gasteiger charge is 2.13. The van der Waals surface area contributed by atoms with Crippen LogP contribution in [0.4, 0.5) is 10.8 Å². The molecular weight excluding hydrogens is 226 g/mol. The number of hydrogen-bond acceptors (Lipinski definition) is 6. The van der Waals surface area contributed by atoms with Gasteiger partial charge >= 0.3 is 0 Å². The Bertz CT molecular complexity index is 315. The van der Waals surface area contributed by atoms with Gasteiger partial charge in [0, 0.05) is 13.2 Å². The SMILES string of the molecule is CCOCCNc1snc(N)c1OC(C)C. The molecule has 0 aliphatic heterocycles. The van der Waals surface area contributed by atoms with Crippen LogP contribution in [0.5, 0.6) is 5.75 Å². The van der Waals surface area contributed by atoms with Crippen LogP contribution >= 0.6 is 11.5 Å². The first-order chi connectivity index (χ1) is 7.65. The summed E-state index contributed by atoms with van der Waals surface area (Å²) >= 11 is 1.31. The van der Waals surface area contributed by atoms with Crippen molar-refractivity contribution in [3.05, 3.63) is 0 Å². The van der Waals surface area contributed by atoms with Crippen molar-refractivity contribution in [2.45, 2.75) is 26.9 Å². The van der Waals surface area contributed by atoms with E-state index in [1.54, 1.807) is 0 Å². The van der Waals surface area contributed by atoms with E-state index in [0.717, 1.165) is 18.2 Å². The Balaban J connectivity index is 2.51. The maximum Gasteiger partial charge on any atom is 0.197 e. The molecule has 0 spiro atoms. The van der Waals surface area contributed by atoms with E-state index in [0.29, 0.717) is 18.2 Å². The van der Waals surface area contributed by atoms with E-state index in [9.17, 15) is 0 Å². The highest BCUT2D eigenvalue weighted by Crippen LogP contribution is 2.35. The number of hydrogen-bond donors (Lipinski definition) is 2. The second-order valence-corrected chi connectivity index (χ2v) is 4.29. The number of nitrogens with two attached hydrogens (primary N) is 1. The number of rotatable bonds is 7. The minimum atomic E-state index is 0.0890. The number of aromatic nitrogens is 1. The number of nitrogens with one attached hydrogen (secondary N) is 1. The Morgan fingerprint density at radius 3 is 2.88 bits per heavy atom. The predicted molar refractivity (Wildman–Crippen MR) is 67.3 cm³/mol. The van der Waals surface area contributed by atoms with Crippen molar-refractivity contribution in [2.75, 3.05) is 30.8 Å². The van der Waals surface area contributed by atoms with E-state index < -0.39 is 0 Å². The van der Waals surface area contributed by atoms with Crippen LogP contribution in [0, 0.1) is 0 Å². The zero-order valence-electron chi connectivity index (χ0n) is 9.95. The number of anilines is 2. The summed E-state index contributed by atoms with van der Waals surface area (Å²) in [5.74, 6) is 1.09. The Kier molecular flexibility index (Phi) is 5.34. The zero-order valence-corrected chi connectivity index (χ0v) is 10.8. The maximum atomic E-state index is 5.72. The minimum absolute atomic E-state index is 0.0890. The van der Waals surface area contributed by atoms with E-state index in [1.165, 1.54) is 11.5 Å². The van der Waals surface area contributed by atoms with Gasteiger partial charge in [-0.2, -0.15) is 4.37 Å². The Morgan fingerprint density at radius 1 is 1.50 bits per heavy atom. The third-order valence-electron chi connectivity index (χ3n) is 1.76. The van der Waals surface area contributed by atoms with Crippen molar-refractivity contribution < 1.29 is 9.47 Å². The van der Waals surface area contributed by atoms with E-state index in [4.69, 9.17) is 15.2 Å². The van der Waals surface area contributed by atoms with Gasteiger partial charge in [-0.05, 0) is 32.3 Å². The summed E-state index contributed by atoms with van der Waals surface area (Å²) in [6, 6.07) is 0. The molecule has 0 atom stereocenters. The summed E-state index contributed by atoms with van der Waals surface area (Å²) in [7, 11) is 0. The average Bonchev–Trinajstić information content (AvgIpc) is 2.56.